The molecule has 0 aromatic carbocycles. The summed E-state index contributed by atoms with van der Waals surface area (Å²) in [7, 11) is 0. The van der Waals surface area contributed by atoms with Gasteiger partial charge >= 0.3 is 19.5 Å². The van der Waals surface area contributed by atoms with E-state index in [1.54, 1.807) is 12.2 Å². The van der Waals surface area contributed by atoms with Crippen LogP contribution in [0.1, 0.15) is 0 Å². The molecule has 0 spiro atoms. The Morgan fingerprint density at radius 1 is 1.20 bits per heavy atom. The van der Waals surface area contributed by atoms with Crippen LogP contribution in [0, 0.1) is 0 Å². The molecule has 0 saturated heterocycles. The van der Waals surface area contributed by atoms with Gasteiger partial charge in [-0.3, -0.25) is 0 Å². The van der Waals surface area contributed by atoms with Crippen LogP contribution in [0.5, 0.6) is 0 Å². The van der Waals surface area contributed by atoms with E-state index in [4.69, 9.17) is 4.79 Å². The van der Waals surface area contributed by atoms with E-state index in [2.05, 4.69) is 44.1 Å². The van der Waals surface area contributed by atoms with Gasteiger partial charge in [0.2, 0.25) is 0 Å². The summed E-state index contributed by atoms with van der Waals surface area (Å²) in [6.45, 7) is 7.97. The molecule has 2 amide bonds. The molecule has 0 saturated carbocycles. The number of hydrogen-bond donors (Lipinski definition) is 1. The van der Waals surface area contributed by atoms with E-state index in [1.165, 1.54) is 4.90 Å². The van der Waals surface area contributed by atoms with E-state index in [-0.39, 0.29) is 24.7 Å². The predicted molar refractivity (Wildman–Crippen MR) is 61.7 cm³/mol. The van der Waals surface area contributed by atoms with Gasteiger partial charge in [0, 0.05) is 13.1 Å². The number of nitrogens with two attached hydrogens (primary N) is 1. The molecule has 0 atom stereocenters. The SMILES string of the molecule is C=CCN(CC=C)C(=O)[S-].NC(=O)[S-].[Zn+2]. The van der Waals surface area contributed by atoms with Crippen LogP contribution in [0.3, 0.4) is 0 Å². The first-order chi connectivity index (χ1) is 6.45. The van der Waals surface area contributed by atoms with Crippen molar-refractivity contribution < 1.29 is 29.1 Å². The van der Waals surface area contributed by atoms with E-state index < -0.39 is 5.24 Å². The van der Waals surface area contributed by atoms with Crippen molar-refractivity contribution >= 4 is 35.7 Å². The standard InChI is InChI=1S/C7H11NOS.CH3NOS.Zn/c1-3-5-8(6-4-2)7(9)10;2-1(3)4;/h3-4H,1-2,5-6H2,(H,9,10);(H3,2,3,4);/q;;+2/p-2. The van der Waals surface area contributed by atoms with E-state index in [0.717, 1.165) is 0 Å². The predicted octanol–water partition coefficient (Wildman–Crippen LogP) is 0.937. The Bertz CT molecular complexity index is 211. The third-order valence-corrected chi connectivity index (χ3v) is 1.22. The van der Waals surface area contributed by atoms with Gasteiger partial charge in [0.25, 0.3) is 0 Å². The molecule has 0 fully saturated rings. The minimum atomic E-state index is -0.750. The third-order valence-electron chi connectivity index (χ3n) is 0.957. The minimum absolute atomic E-state index is 0. The molecule has 0 aliphatic carbocycles. The Morgan fingerprint density at radius 3 is 1.60 bits per heavy atom. The second kappa shape index (κ2) is 13.5. The van der Waals surface area contributed by atoms with Gasteiger partial charge in [-0.15, -0.1) is 13.2 Å². The Hall–Kier alpha value is -0.517. The number of carbonyl (C=O) groups is 2. The normalized spacial score (nSPS) is 7.20. The Kier molecular flexibility index (Phi) is 17.9. The number of amides is 2. The van der Waals surface area contributed by atoms with Crippen LogP contribution in [0.25, 0.3) is 0 Å². The zero-order valence-electron chi connectivity index (χ0n) is 8.35. The fourth-order valence-corrected chi connectivity index (χ4v) is 0.684. The topological polar surface area (TPSA) is 63.4 Å². The van der Waals surface area contributed by atoms with Crippen molar-refractivity contribution in [3.63, 3.8) is 0 Å². The van der Waals surface area contributed by atoms with Crippen LogP contribution < -0.4 is 5.73 Å². The van der Waals surface area contributed by atoms with Crippen LogP contribution in [0.15, 0.2) is 25.3 Å². The summed E-state index contributed by atoms with van der Waals surface area (Å²) in [5.74, 6) is 0. The molecule has 7 heteroatoms. The zero-order valence-corrected chi connectivity index (χ0v) is 12.9. The molecule has 0 aliphatic rings. The van der Waals surface area contributed by atoms with Crippen LogP contribution in [0.4, 0.5) is 9.59 Å². The van der Waals surface area contributed by atoms with Gasteiger partial charge < -0.3 is 45.5 Å². The maximum atomic E-state index is 10.6. The monoisotopic (exact) mass is 296 g/mol. The van der Waals surface area contributed by atoms with Gasteiger partial charge in [0.1, 0.15) is 5.24 Å². The van der Waals surface area contributed by atoms with Crippen molar-refractivity contribution in [3.05, 3.63) is 25.3 Å². The molecule has 0 unspecified atom stereocenters. The molecule has 0 aromatic rings. The molecule has 0 radical (unpaired) electrons. The summed E-state index contributed by atoms with van der Waals surface area (Å²) in [6.07, 6.45) is 3.27. The smallest absolute Gasteiger partial charge is 0.719 e. The van der Waals surface area contributed by atoms with Gasteiger partial charge in [-0.1, -0.05) is 12.2 Å². The quantitative estimate of drug-likeness (QED) is 0.476. The van der Waals surface area contributed by atoms with E-state index >= 15 is 0 Å². The number of rotatable bonds is 4. The maximum Gasteiger partial charge on any atom is 2.00 e. The van der Waals surface area contributed by atoms with Crippen LogP contribution in [0.2, 0.25) is 0 Å². The number of primary amides is 1. The van der Waals surface area contributed by atoms with Gasteiger partial charge in [-0.05, 0) is 0 Å². The largest absolute Gasteiger partial charge is 2.00 e. The average molecular weight is 298 g/mol. The first-order valence-corrected chi connectivity index (χ1v) is 4.41. The summed E-state index contributed by atoms with van der Waals surface area (Å²) in [6, 6.07) is 0. The molecule has 15 heavy (non-hydrogen) atoms. The van der Waals surface area contributed by atoms with Crippen molar-refractivity contribution in [1.29, 1.82) is 0 Å². The van der Waals surface area contributed by atoms with Crippen LogP contribution in [-0.2, 0) is 44.7 Å². The third kappa shape index (κ3) is 19.8. The summed E-state index contributed by atoms with van der Waals surface area (Å²) in [5, 5.41) is -1.11. The fourth-order valence-electron chi connectivity index (χ4n) is 0.535. The summed E-state index contributed by atoms with van der Waals surface area (Å²) >= 11 is 8.18. The van der Waals surface area contributed by atoms with Crippen LogP contribution in [-0.4, -0.2) is 28.5 Å². The number of hydrogen-bond acceptors (Lipinski definition) is 4. The van der Waals surface area contributed by atoms with Crippen molar-refractivity contribution in [2.24, 2.45) is 5.73 Å². The minimum Gasteiger partial charge on any atom is -0.719 e. The first kappa shape index (κ1) is 20.0. The van der Waals surface area contributed by atoms with E-state index in [0.29, 0.717) is 13.1 Å². The van der Waals surface area contributed by atoms with Gasteiger partial charge in [-0.2, -0.15) is 0 Å². The molecule has 4 nitrogen and oxygen atoms in total. The molecule has 0 heterocycles. The summed E-state index contributed by atoms with van der Waals surface area (Å²) in [4.78, 5) is 21.1. The molecular formula is C8H12N2O2S2Zn. The van der Waals surface area contributed by atoms with Gasteiger partial charge in [-0.25, -0.2) is 0 Å². The molecule has 0 rings (SSSR count). The van der Waals surface area contributed by atoms with Gasteiger partial charge in [0.15, 0.2) is 0 Å². The van der Waals surface area contributed by atoms with Crippen molar-refractivity contribution in [2.45, 2.75) is 0 Å². The maximum absolute atomic E-state index is 10.6. The second-order valence-corrected chi connectivity index (χ2v) is 2.82. The van der Waals surface area contributed by atoms with Crippen molar-refractivity contribution in [2.75, 3.05) is 13.1 Å². The Balaban J connectivity index is -0.000000249. The second-order valence-electron chi connectivity index (χ2n) is 2.07. The first-order valence-electron chi connectivity index (χ1n) is 3.59. The van der Waals surface area contributed by atoms with Crippen molar-refractivity contribution in [1.82, 2.24) is 4.90 Å². The van der Waals surface area contributed by atoms with E-state index in [9.17, 15) is 4.79 Å². The molecule has 0 aromatic heterocycles. The molecular weight excluding hydrogens is 286 g/mol. The summed E-state index contributed by atoms with van der Waals surface area (Å²) < 4.78 is 0. The molecule has 80 valence electrons. The molecule has 0 aliphatic heterocycles. The summed E-state index contributed by atoms with van der Waals surface area (Å²) in [5.41, 5.74) is 4.29. The molecule has 2 N–H and O–H groups in total. The number of carbonyl (C=O) groups excluding carboxylic acids is 2. The van der Waals surface area contributed by atoms with Gasteiger partial charge in [0.05, 0.1) is 5.24 Å². The Morgan fingerprint density at radius 2 is 1.47 bits per heavy atom. The Labute approximate surface area is 114 Å². The zero-order chi connectivity index (χ0) is 11.6. The van der Waals surface area contributed by atoms with E-state index in [1.807, 2.05) is 0 Å². The fraction of sp³-hybridized carbons (Fsp3) is 0.250. The number of nitrogens with zero attached hydrogens (tertiary/aromatic N) is 1. The molecule has 0 bridgehead atoms. The van der Waals surface area contributed by atoms with Crippen molar-refractivity contribution in [3.8, 4) is 0 Å². The average Bonchev–Trinajstić information content (AvgIpc) is 2.02. The van der Waals surface area contributed by atoms with Crippen LogP contribution >= 0.6 is 0 Å².